The Hall–Kier alpha value is -1.96. The van der Waals surface area contributed by atoms with Crippen molar-refractivity contribution in [3.63, 3.8) is 0 Å². The number of hydrogen-bond acceptors (Lipinski definition) is 9. The molecule has 0 spiro atoms. The monoisotopic (exact) mass is 401 g/mol. The molecule has 11 nitrogen and oxygen atoms in total. The predicted molar refractivity (Wildman–Crippen MR) is 85.7 cm³/mol. The molecule has 0 amide bonds. The second kappa shape index (κ2) is 10.1. The SMILES string of the molecule is CN(C)/C=C/C=C(C(=O)OCCS(=O)(=O)O)C(=O)OCCS(=O)(=O)O. The molecule has 0 radical (unpaired) electrons. The lowest BCUT2D eigenvalue weighted by atomic mass is 10.2. The van der Waals surface area contributed by atoms with Crippen LogP contribution in [0.1, 0.15) is 0 Å². The number of ether oxygens (including phenoxy) is 2. The lowest BCUT2D eigenvalue weighted by molar-refractivity contribution is -0.146. The van der Waals surface area contributed by atoms with Crippen LogP contribution in [-0.4, -0.2) is 81.6 Å². The molecule has 0 atom stereocenters. The van der Waals surface area contributed by atoms with Gasteiger partial charge >= 0.3 is 11.9 Å². The fourth-order valence-electron chi connectivity index (χ4n) is 1.17. The molecule has 13 heteroatoms. The van der Waals surface area contributed by atoms with Crippen LogP contribution in [0.4, 0.5) is 0 Å². The first-order valence-corrected chi connectivity index (χ1v) is 9.83. The largest absolute Gasteiger partial charge is 0.461 e. The topological polar surface area (TPSA) is 165 Å². The van der Waals surface area contributed by atoms with E-state index in [9.17, 15) is 26.4 Å². The minimum Gasteiger partial charge on any atom is -0.461 e. The number of carbonyl (C=O) groups is 2. The molecule has 144 valence electrons. The minimum absolute atomic E-state index is 0.635. The summed E-state index contributed by atoms with van der Waals surface area (Å²) in [6, 6.07) is 0. The van der Waals surface area contributed by atoms with Crippen molar-refractivity contribution in [1.29, 1.82) is 0 Å². The van der Waals surface area contributed by atoms with Gasteiger partial charge in [-0.3, -0.25) is 9.11 Å². The van der Waals surface area contributed by atoms with Crippen LogP contribution in [0.15, 0.2) is 23.9 Å². The van der Waals surface area contributed by atoms with E-state index in [1.165, 1.54) is 12.3 Å². The summed E-state index contributed by atoms with van der Waals surface area (Å²) in [7, 11) is -5.37. The van der Waals surface area contributed by atoms with Crippen LogP contribution in [0.25, 0.3) is 0 Å². The first kappa shape index (κ1) is 23.0. The summed E-state index contributed by atoms with van der Waals surface area (Å²) in [5.74, 6) is -4.19. The molecule has 25 heavy (non-hydrogen) atoms. The molecule has 0 aliphatic heterocycles. The molecule has 0 rings (SSSR count). The molecule has 0 heterocycles. The van der Waals surface area contributed by atoms with Crippen molar-refractivity contribution >= 4 is 32.2 Å². The van der Waals surface area contributed by atoms with E-state index in [4.69, 9.17) is 9.11 Å². The van der Waals surface area contributed by atoms with Crippen molar-refractivity contribution in [3.05, 3.63) is 23.9 Å². The van der Waals surface area contributed by atoms with Crippen molar-refractivity contribution < 1.29 is 45.0 Å². The zero-order valence-electron chi connectivity index (χ0n) is 13.5. The Morgan fingerprint density at radius 1 is 0.920 bits per heavy atom. The molecule has 0 saturated heterocycles. The number of rotatable bonds is 10. The van der Waals surface area contributed by atoms with Gasteiger partial charge in [0, 0.05) is 14.1 Å². The van der Waals surface area contributed by atoms with Gasteiger partial charge in [-0.05, 0) is 18.4 Å². The summed E-state index contributed by atoms with van der Waals surface area (Å²) in [5.41, 5.74) is -0.635. The van der Waals surface area contributed by atoms with E-state index in [1.807, 2.05) is 0 Å². The molecule has 0 aromatic heterocycles. The Bertz CT molecular complexity index is 682. The Kier molecular flexibility index (Phi) is 9.33. The first-order valence-electron chi connectivity index (χ1n) is 6.61. The number of esters is 2. The van der Waals surface area contributed by atoms with Gasteiger partial charge < -0.3 is 14.4 Å². The zero-order valence-corrected chi connectivity index (χ0v) is 15.1. The summed E-state index contributed by atoms with van der Waals surface area (Å²) in [4.78, 5) is 25.2. The molecule has 0 aliphatic rings. The number of hydrogen-bond donors (Lipinski definition) is 2. The van der Waals surface area contributed by atoms with Crippen LogP contribution in [0.3, 0.4) is 0 Å². The highest BCUT2D eigenvalue weighted by atomic mass is 32.2. The van der Waals surface area contributed by atoms with Crippen LogP contribution in [0, 0.1) is 0 Å². The smallest absolute Gasteiger partial charge is 0.345 e. The van der Waals surface area contributed by atoms with Gasteiger partial charge in [0.05, 0.1) is 0 Å². The van der Waals surface area contributed by atoms with Gasteiger partial charge in [0.25, 0.3) is 20.2 Å². The summed E-state index contributed by atoms with van der Waals surface area (Å²) >= 11 is 0. The van der Waals surface area contributed by atoms with Gasteiger partial charge in [0.2, 0.25) is 0 Å². The fraction of sp³-hybridized carbons (Fsp3) is 0.500. The Balaban J connectivity index is 5.02. The maximum atomic E-state index is 11.8. The molecular weight excluding hydrogens is 382 g/mol. The molecule has 0 bridgehead atoms. The average Bonchev–Trinajstić information content (AvgIpc) is 2.40. The molecule has 2 N–H and O–H groups in total. The van der Waals surface area contributed by atoms with E-state index in [1.54, 1.807) is 19.0 Å². The van der Waals surface area contributed by atoms with E-state index in [0.717, 1.165) is 6.08 Å². The molecule has 0 aromatic rings. The third-order valence-electron chi connectivity index (χ3n) is 2.24. The number of allylic oxidation sites excluding steroid dienone is 2. The highest BCUT2D eigenvalue weighted by molar-refractivity contribution is 7.86. The molecule has 0 unspecified atom stereocenters. The van der Waals surface area contributed by atoms with Crippen molar-refractivity contribution in [2.75, 3.05) is 38.8 Å². The molecule has 0 aliphatic carbocycles. The lowest BCUT2D eigenvalue weighted by Crippen LogP contribution is -2.23. The highest BCUT2D eigenvalue weighted by Gasteiger charge is 2.22. The quantitative estimate of drug-likeness (QED) is 0.113. The molecule has 0 fully saturated rings. The third kappa shape index (κ3) is 13.1. The summed E-state index contributed by atoms with van der Waals surface area (Å²) in [6.45, 7) is -1.41. The third-order valence-corrected chi connectivity index (χ3v) is 3.60. The molecule has 0 aromatic carbocycles. The van der Waals surface area contributed by atoms with Crippen LogP contribution in [0.5, 0.6) is 0 Å². The normalized spacial score (nSPS) is 11.8. The van der Waals surface area contributed by atoms with E-state index in [2.05, 4.69) is 9.47 Å². The van der Waals surface area contributed by atoms with Gasteiger partial charge in [-0.1, -0.05) is 0 Å². The Morgan fingerprint density at radius 2 is 1.32 bits per heavy atom. The number of carbonyl (C=O) groups excluding carboxylic acids is 2. The van der Waals surface area contributed by atoms with E-state index >= 15 is 0 Å². The first-order chi connectivity index (χ1) is 11.3. The highest BCUT2D eigenvalue weighted by Crippen LogP contribution is 2.04. The maximum absolute atomic E-state index is 11.8. The number of nitrogens with zero attached hydrogens (tertiary/aromatic N) is 1. The van der Waals surface area contributed by atoms with Gasteiger partial charge in [-0.15, -0.1) is 0 Å². The standard InChI is InChI=1S/C12H19NO10S2/c1-13(2)5-3-4-10(11(14)22-6-8-24(16,17)18)12(15)23-7-9-25(19,20)21/h3-5H,6-9H2,1-2H3,(H,16,17,18)(H,19,20,21)/b5-3+. The van der Waals surface area contributed by atoms with Gasteiger partial charge in [0.15, 0.2) is 0 Å². The van der Waals surface area contributed by atoms with E-state index < -0.39 is 62.5 Å². The summed E-state index contributed by atoms with van der Waals surface area (Å²) in [6.07, 6.45) is 3.78. The average molecular weight is 401 g/mol. The second-order valence-electron chi connectivity index (χ2n) is 4.73. The Labute approximate surface area is 145 Å². The van der Waals surface area contributed by atoms with Gasteiger partial charge in [-0.25, -0.2) is 9.59 Å². The van der Waals surface area contributed by atoms with Crippen molar-refractivity contribution in [1.82, 2.24) is 4.90 Å². The summed E-state index contributed by atoms with van der Waals surface area (Å²) < 4.78 is 68.4. The minimum atomic E-state index is -4.35. The van der Waals surface area contributed by atoms with Crippen LogP contribution < -0.4 is 0 Å². The van der Waals surface area contributed by atoms with Gasteiger partial charge in [-0.2, -0.15) is 16.8 Å². The Morgan fingerprint density at radius 3 is 1.64 bits per heavy atom. The summed E-state index contributed by atoms with van der Waals surface area (Å²) in [5, 5.41) is 0. The second-order valence-corrected chi connectivity index (χ2v) is 7.87. The molecule has 0 saturated carbocycles. The predicted octanol–water partition coefficient (Wildman–Crippen LogP) is -1.15. The maximum Gasteiger partial charge on any atom is 0.345 e. The fourth-order valence-corrected chi connectivity index (χ4v) is 1.75. The van der Waals surface area contributed by atoms with Crippen molar-refractivity contribution in [2.24, 2.45) is 0 Å². The van der Waals surface area contributed by atoms with Crippen LogP contribution in [-0.2, 0) is 39.3 Å². The van der Waals surface area contributed by atoms with Crippen LogP contribution >= 0.6 is 0 Å². The zero-order chi connectivity index (χ0) is 19.7. The van der Waals surface area contributed by atoms with Crippen LogP contribution in [0.2, 0.25) is 0 Å². The molecular formula is C12H19NO10S2. The van der Waals surface area contributed by atoms with Crippen molar-refractivity contribution in [3.8, 4) is 0 Å². The van der Waals surface area contributed by atoms with Crippen molar-refractivity contribution in [2.45, 2.75) is 0 Å². The van der Waals surface area contributed by atoms with E-state index in [-0.39, 0.29) is 0 Å². The lowest BCUT2D eigenvalue weighted by Gasteiger charge is -2.08. The van der Waals surface area contributed by atoms with Gasteiger partial charge in [0.1, 0.15) is 30.3 Å². The van der Waals surface area contributed by atoms with E-state index in [0.29, 0.717) is 0 Å².